The van der Waals surface area contributed by atoms with Crippen LogP contribution < -0.4 is 21.1 Å². The minimum absolute atomic E-state index is 0.125. The molecule has 2 aromatic carbocycles. The fraction of sp³-hybridized carbons (Fsp3) is 0.400. The summed E-state index contributed by atoms with van der Waals surface area (Å²) in [4.78, 5) is 18.2. The Morgan fingerprint density at radius 3 is 2.77 bits per heavy atom. The zero-order valence-electron chi connectivity index (χ0n) is 18.0. The molecule has 0 amide bonds. The Labute approximate surface area is 183 Å². The maximum atomic E-state index is 12.6. The van der Waals surface area contributed by atoms with Crippen LogP contribution in [0.4, 0.5) is 11.4 Å². The molecule has 0 radical (unpaired) electrons. The summed E-state index contributed by atoms with van der Waals surface area (Å²) in [5.74, 6) is 1.31. The minimum atomic E-state index is 0.125. The van der Waals surface area contributed by atoms with E-state index in [-0.39, 0.29) is 12.4 Å². The Balaban J connectivity index is 1.28. The molecule has 1 atom stereocenters. The van der Waals surface area contributed by atoms with Gasteiger partial charge in [0, 0.05) is 48.0 Å². The van der Waals surface area contributed by atoms with Crippen LogP contribution in [0.5, 0.6) is 5.75 Å². The van der Waals surface area contributed by atoms with Crippen LogP contribution >= 0.6 is 0 Å². The second-order valence-electron chi connectivity index (χ2n) is 8.47. The number of aromatic amines is 1. The number of nitrogen functional groups attached to an aromatic ring is 1. The van der Waals surface area contributed by atoms with Gasteiger partial charge in [0.2, 0.25) is 0 Å². The maximum Gasteiger partial charge on any atom is 0.170 e. The number of ketones is 1. The van der Waals surface area contributed by atoms with E-state index in [1.54, 1.807) is 0 Å². The molecule has 1 saturated heterocycles. The quantitative estimate of drug-likeness (QED) is 0.480. The third-order valence-corrected chi connectivity index (χ3v) is 6.17. The topological polar surface area (TPSA) is 97.4 Å². The number of nitrogens with one attached hydrogen (secondary N) is 1. The van der Waals surface area contributed by atoms with Gasteiger partial charge in [-0.2, -0.15) is 0 Å². The third kappa shape index (κ3) is 5.39. The first-order valence-electron chi connectivity index (χ1n) is 11.2. The molecule has 1 aromatic heterocycles. The van der Waals surface area contributed by atoms with E-state index in [0.717, 1.165) is 61.1 Å². The summed E-state index contributed by atoms with van der Waals surface area (Å²) >= 11 is 0. The standard InChI is InChI=1S/C25H32N4O2/c26-11-9-19-16-28-25-8-7-23(15-24(19)25)31-17-22(30)14-18-2-1-12-29(13-10-18)21-5-3-20(27)4-6-21/h3-8,15-16,18,28H,1-2,9-14,17,26-27H2/t18-/m0/s1. The molecule has 1 fully saturated rings. The van der Waals surface area contributed by atoms with Crippen molar-refractivity contribution in [2.45, 2.75) is 32.1 Å². The summed E-state index contributed by atoms with van der Waals surface area (Å²) in [5.41, 5.74) is 15.7. The molecule has 3 aromatic rings. The number of anilines is 2. The van der Waals surface area contributed by atoms with Gasteiger partial charge in [-0.15, -0.1) is 0 Å². The second kappa shape index (κ2) is 9.88. The van der Waals surface area contributed by atoms with Gasteiger partial charge in [0.25, 0.3) is 0 Å². The largest absolute Gasteiger partial charge is 0.486 e. The Bertz CT molecular complexity index is 1010. The molecule has 1 aliphatic rings. The fourth-order valence-electron chi connectivity index (χ4n) is 4.47. The molecule has 0 spiro atoms. The third-order valence-electron chi connectivity index (χ3n) is 6.17. The predicted molar refractivity (Wildman–Crippen MR) is 127 cm³/mol. The number of H-pyrrole nitrogens is 1. The van der Waals surface area contributed by atoms with Crippen LogP contribution in [0.3, 0.4) is 0 Å². The van der Waals surface area contributed by atoms with E-state index in [1.165, 1.54) is 11.3 Å². The van der Waals surface area contributed by atoms with E-state index >= 15 is 0 Å². The SMILES string of the molecule is NCCc1c[nH]c2ccc(OCC(=O)C[C@H]3CCCN(c4ccc(N)cc4)CC3)cc12. The van der Waals surface area contributed by atoms with Crippen LogP contribution in [0.15, 0.2) is 48.7 Å². The highest BCUT2D eigenvalue weighted by atomic mass is 16.5. The molecule has 0 bridgehead atoms. The van der Waals surface area contributed by atoms with Crippen LogP contribution in [0, 0.1) is 5.92 Å². The summed E-state index contributed by atoms with van der Waals surface area (Å²) in [6.45, 7) is 2.72. The first-order valence-corrected chi connectivity index (χ1v) is 11.2. The molecule has 0 unspecified atom stereocenters. The molecule has 5 N–H and O–H groups in total. The number of ether oxygens (including phenoxy) is 1. The summed E-state index contributed by atoms with van der Waals surface area (Å²) in [6.07, 6.45) is 6.59. The Kier molecular flexibility index (Phi) is 6.77. The summed E-state index contributed by atoms with van der Waals surface area (Å²) in [6, 6.07) is 14.0. The number of carbonyl (C=O) groups excluding carboxylic acids is 1. The smallest absolute Gasteiger partial charge is 0.170 e. The van der Waals surface area contributed by atoms with Gasteiger partial charge in [-0.1, -0.05) is 0 Å². The fourth-order valence-corrected chi connectivity index (χ4v) is 4.47. The van der Waals surface area contributed by atoms with E-state index in [4.69, 9.17) is 16.2 Å². The second-order valence-corrected chi connectivity index (χ2v) is 8.47. The number of carbonyl (C=O) groups is 1. The van der Waals surface area contributed by atoms with E-state index in [1.807, 2.05) is 36.5 Å². The zero-order valence-corrected chi connectivity index (χ0v) is 18.0. The number of nitrogens with zero attached hydrogens (tertiary/aromatic N) is 1. The minimum Gasteiger partial charge on any atom is -0.486 e. The lowest BCUT2D eigenvalue weighted by atomic mass is 9.95. The molecule has 31 heavy (non-hydrogen) atoms. The van der Waals surface area contributed by atoms with E-state index in [9.17, 15) is 4.79 Å². The monoisotopic (exact) mass is 420 g/mol. The summed E-state index contributed by atoms with van der Waals surface area (Å²) in [7, 11) is 0. The van der Waals surface area contributed by atoms with E-state index < -0.39 is 0 Å². The number of benzene rings is 2. The van der Waals surface area contributed by atoms with Crippen molar-refractivity contribution in [3.63, 3.8) is 0 Å². The van der Waals surface area contributed by atoms with Gasteiger partial charge in [-0.05, 0) is 86.2 Å². The van der Waals surface area contributed by atoms with Gasteiger partial charge < -0.3 is 26.1 Å². The van der Waals surface area contributed by atoms with Crippen molar-refractivity contribution in [1.29, 1.82) is 0 Å². The number of hydrogen-bond donors (Lipinski definition) is 3. The maximum absolute atomic E-state index is 12.6. The first-order chi connectivity index (χ1) is 15.1. The van der Waals surface area contributed by atoms with E-state index in [0.29, 0.717) is 18.9 Å². The van der Waals surface area contributed by atoms with Gasteiger partial charge in [-0.25, -0.2) is 0 Å². The number of nitrogens with two attached hydrogens (primary N) is 2. The molecule has 164 valence electrons. The number of fused-ring (bicyclic) bond motifs is 1. The van der Waals surface area contributed by atoms with Crippen molar-refractivity contribution in [2.75, 3.05) is 36.9 Å². The molecule has 4 rings (SSSR count). The summed E-state index contributed by atoms with van der Waals surface area (Å²) < 4.78 is 5.84. The van der Waals surface area contributed by atoms with Gasteiger partial charge in [0.05, 0.1) is 0 Å². The Hall–Kier alpha value is -2.99. The van der Waals surface area contributed by atoms with Gasteiger partial charge >= 0.3 is 0 Å². The van der Waals surface area contributed by atoms with Gasteiger partial charge in [0.15, 0.2) is 5.78 Å². The Morgan fingerprint density at radius 2 is 1.97 bits per heavy atom. The number of aromatic nitrogens is 1. The zero-order chi connectivity index (χ0) is 21.6. The highest BCUT2D eigenvalue weighted by Gasteiger charge is 2.20. The summed E-state index contributed by atoms with van der Waals surface area (Å²) in [5, 5.41) is 1.11. The molecule has 1 aliphatic heterocycles. The van der Waals surface area contributed by atoms with Crippen LogP contribution in [0.25, 0.3) is 10.9 Å². The van der Waals surface area contributed by atoms with E-state index in [2.05, 4.69) is 22.0 Å². The van der Waals surface area contributed by atoms with Crippen molar-refractivity contribution in [2.24, 2.45) is 11.7 Å². The normalized spacial score (nSPS) is 16.9. The predicted octanol–water partition coefficient (Wildman–Crippen LogP) is 3.90. The van der Waals surface area contributed by atoms with Crippen molar-refractivity contribution >= 4 is 28.1 Å². The van der Waals surface area contributed by atoms with Crippen molar-refractivity contribution < 1.29 is 9.53 Å². The molecular formula is C25H32N4O2. The lowest BCUT2D eigenvalue weighted by molar-refractivity contribution is -0.122. The first kappa shape index (κ1) is 21.2. The molecule has 0 aliphatic carbocycles. The van der Waals surface area contributed by atoms with Crippen LogP contribution in [0.2, 0.25) is 0 Å². The van der Waals surface area contributed by atoms with Crippen molar-refractivity contribution in [1.82, 2.24) is 4.98 Å². The van der Waals surface area contributed by atoms with Crippen LogP contribution in [0.1, 0.15) is 31.2 Å². The number of Topliss-reactive ketones (excluding diaryl/α,β-unsaturated/α-hetero) is 1. The Morgan fingerprint density at radius 1 is 1.13 bits per heavy atom. The highest BCUT2D eigenvalue weighted by Crippen LogP contribution is 2.27. The van der Waals surface area contributed by atoms with Gasteiger partial charge in [0.1, 0.15) is 12.4 Å². The molecule has 6 heteroatoms. The number of hydrogen-bond acceptors (Lipinski definition) is 5. The lowest BCUT2D eigenvalue weighted by Gasteiger charge is -2.23. The number of rotatable bonds is 8. The molecule has 6 nitrogen and oxygen atoms in total. The molecular weight excluding hydrogens is 388 g/mol. The van der Waals surface area contributed by atoms with Crippen molar-refractivity contribution in [3.05, 3.63) is 54.2 Å². The van der Waals surface area contributed by atoms with Crippen LogP contribution in [-0.2, 0) is 11.2 Å². The average Bonchev–Trinajstić information content (AvgIpc) is 3.02. The molecule has 2 heterocycles. The highest BCUT2D eigenvalue weighted by molar-refractivity contribution is 5.85. The average molecular weight is 421 g/mol. The van der Waals surface area contributed by atoms with Gasteiger partial charge in [-0.3, -0.25) is 4.79 Å². The van der Waals surface area contributed by atoms with Crippen LogP contribution in [-0.4, -0.2) is 37.0 Å². The molecule has 0 saturated carbocycles. The lowest BCUT2D eigenvalue weighted by Crippen LogP contribution is -2.24. The van der Waals surface area contributed by atoms with Crippen molar-refractivity contribution in [3.8, 4) is 5.75 Å².